The zero-order valence-electron chi connectivity index (χ0n) is 11.0. The molecule has 1 heterocycles. The van der Waals surface area contributed by atoms with Gasteiger partial charge in [-0.15, -0.1) is 0 Å². The summed E-state index contributed by atoms with van der Waals surface area (Å²) >= 11 is 0. The molecule has 3 amide bonds. The van der Waals surface area contributed by atoms with E-state index < -0.39 is 17.9 Å². The van der Waals surface area contributed by atoms with Crippen molar-refractivity contribution in [3.8, 4) is 0 Å². The van der Waals surface area contributed by atoms with Crippen LogP contribution >= 0.6 is 0 Å². The number of carbonyl (C=O) groups is 3. The Morgan fingerprint density at radius 3 is 2.50 bits per heavy atom. The molecule has 106 valence electrons. The number of carboxylic acid groups (broad SMARTS) is 1. The van der Waals surface area contributed by atoms with Gasteiger partial charge in [-0.05, 0) is 19.9 Å². The number of imide groups is 1. The molecule has 0 saturated carbocycles. The molecule has 0 aliphatic carbocycles. The second-order valence-corrected chi connectivity index (χ2v) is 3.89. The minimum absolute atomic E-state index is 0.0327. The summed E-state index contributed by atoms with van der Waals surface area (Å²) in [6.45, 7) is 2.74. The molecule has 0 aliphatic heterocycles. The molecule has 0 aromatic carbocycles. The summed E-state index contributed by atoms with van der Waals surface area (Å²) in [6.07, 6.45) is 2.86. The molecule has 3 N–H and O–H groups in total. The summed E-state index contributed by atoms with van der Waals surface area (Å²) in [4.78, 5) is 41.4. The van der Waals surface area contributed by atoms with Gasteiger partial charge in [-0.3, -0.25) is 10.1 Å². The Bertz CT molecular complexity index is 554. The number of aliphatic carboxylic acids is 1. The maximum Gasteiger partial charge on any atom is 0.331 e. The third-order valence-electron chi connectivity index (χ3n) is 2.52. The highest BCUT2D eigenvalue weighted by molar-refractivity contribution is 6.07. The van der Waals surface area contributed by atoms with Crippen molar-refractivity contribution in [3.63, 3.8) is 0 Å². The first-order valence-electron chi connectivity index (χ1n) is 5.66. The molecule has 0 spiro atoms. The number of hydrogen-bond acceptors (Lipinski definition) is 5. The van der Waals surface area contributed by atoms with Crippen molar-refractivity contribution in [2.24, 2.45) is 0 Å². The molecule has 20 heavy (non-hydrogen) atoms. The van der Waals surface area contributed by atoms with E-state index in [1.165, 1.54) is 26.4 Å². The zero-order valence-corrected chi connectivity index (χ0v) is 11.0. The lowest BCUT2D eigenvalue weighted by Gasteiger charge is -2.07. The Morgan fingerprint density at radius 2 is 1.95 bits per heavy atom. The smallest absolute Gasteiger partial charge is 0.331 e. The molecule has 0 atom stereocenters. The van der Waals surface area contributed by atoms with E-state index in [-0.39, 0.29) is 17.7 Å². The summed E-state index contributed by atoms with van der Waals surface area (Å²) < 4.78 is 0. The van der Waals surface area contributed by atoms with E-state index >= 15 is 0 Å². The molecule has 1 aromatic rings. The third-order valence-corrected chi connectivity index (χ3v) is 2.52. The molecule has 0 radical (unpaired) electrons. The molecule has 0 aliphatic rings. The summed E-state index contributed by atoms with van der Waals surface area (Å²) in [5.74, 6) is -1.97. The summed E-state index contributed by atoms with van der Waals surface area (Å²) in [6, 6.07) is 0.883. The lowest BCUT2D eigenvalue weighted by Crippen LogP contribution is -2.40. The van der Waals surface area contributed by atoms with Gasteiger partial charge in [-0.25, -0.2) is 19.6 Å². The molecule has 0 unspecified atom stereocenters. The Morgan fingerprint density at radius 1 is 1.25 bits per heavy atom. The van der Waals surface area contributed by atoms with Gasteiger partial charge in [-0.2, -0.15) is 0 Å². The molecule has 8 nitrogen and oxygen atoms in total. The van der Waals surface area contributed by atoms with Crippen LogP contribution in [0, 0.1) is 0 Å². The second kappa shape index (κ2) is 6.98. The van der Waals surface area contributed by atoms with E-state index in [1.54, 1.807) is 6.07 Å². The first kappa shape index (κ1) is 15.3. The monoisotopic (exact) mass is 278 g/mol. The largest absolute Gasteiger partial charge is 0.478 e. The first-order chi connectivity index (χ1) is 9.41. The highest BCUT2D eigenvalue weighted by Crippen LogP contribution is 2.03. The van der Waals surface area contributed by atoms with Gasteiger partial charge in [0.2, 0.25) is 0 Å². The molecule has 0 bridgehead atoms. The number of hydrogen-bond donors (Lipinski definition) is 3. The normalized spacial score (nSPS) is 11.3. The summed E-state index contributed by atoms with van der Waals surface area (Å²) in [7, 11) is 0. The zero-order chi connectivity index (χ0) is 15.1. The highest BCUT2D eigenvalue weighted by atomic mass is 16.4. The fourth-order valence-corrected chi connectivity index (χ4v) is 1.17. The van der Waals surface area contributed by atoms with Crippen molar-refractivity contribution in [1.29, 1.82) is 0 Å². The Kier molecular flexibility index (Phi) is 5.33. The van der Waals surface area contributed by atoms with E-state index in [1.807, 2.05) is 5.32 Å². The van der Waals surface area contributed by atoms with Crippen molar-refractivity contribution >= 4 is 17.9 Å². The van der Waals surface area contributed by atoms with Crippen LogP contribution in [0.2, 0.25) is 0 Å². The van der Waals surface area contributed by atoms with E-state index in [0.29, 0.717) is 5.69 Å². The number of nitrogens with one attached hydrogen (secondary N) is 2. The van der Waals surface area contributed by atoms with Crippen molar-refractivity contribution < 1.29 is 19.5 Å². The Labute approximate surface area is 114 Å². The number of aromatic nitrogens is 2. The van der Waals surface area contributed by atoms with Crippen LogP contribution in [0.1, 0.15) is 19.5 Å². The molecule has 1 aromatic heterocycles. The van der Waals surface area contributed by atoms with Gasteiger partial charge in [0.1, 0.15) is 6.33 Å². The number of amides is 3. The molecule has 1 rings (SSSR count). The number of nitrogens with zero attached hydrogens (tertiary/aromatic N) is 2. The number of carbonyl (C=O) groups excluding carboxylic acids is 2. The fourth-order valence-electron chi connectivity index (χ4n) is 1.17. The number of urea groups is 1. The maximum atomic E-state index is 11.6. The lowest BCUT2D eigenvalue weighted by atomic mass is 10.1. The van der Waals surface area contributed by atoms with Crippen molar-refractivity contribution in [2.75, 3.05) is 0 Å². The van der Waals surface area contributed by atoms with Crippen molar-refractivity contribution in [2.45, 2.75) is 20.4 Å². The van der Waals surface area contributed by atoms with Gasteiger partial charge in [0.05, 0.1) is 12.2 Å². The Hall–Kier alpha value is -2.77. The van der Waals surface area contributed by atoms with Gasteiger partial charge in [0.25, 0.3) is 5.91 Å². The van der Waals surface area contributed by atoms with Crippen LogP contribution in [-0.2, 0) is 16.1 Å². The summed E-state index contributed by atoms with van der Waals surface area (Å²) in [5.41, 5.74) is 0.428. The fraction of sp³-hybridized carbons (Fsp3) is 0.250. The average molecular weight is 278 g/mol. The maximum absolute atomic E-state index is 11.6. The second-order valence-electron chi connectivity index (χ2n) is 3.89. The van der Waals surface area contributed by atoms with Gasteiger partial charge < -0.3 is 10.4 Å². The van der Waals surface area contributed by atoms with Crippen LogP contribution in [0.4, 0.5) is 4.79 Å². The number of carboxylic acids is 1. The van der Waals surface area contributed by atoms with Gasteiger partial charge in [-0.1, -0.05) is 0 Å². The van der Waals surface area contributed by atoms with E-state index in [4.69, 9.17) is 5.11 Å². The Balaban J connectivity index is 2.53. The van der Waals surface area contributed by atoms with Crippen LogP contribution in [0.15, 0.2) is 29.7 Å². The number of rotatable bonds is 4. The first-order valence-corrected chi connectivity index (χ1v) is 5.66. The lowest BCUT2D eigenvalue weighted by molar-refractivity contribution is -0.133. The van der Waals surface area contributed by atoms with Gasteiger partial charge >= 0.3 is 12.0 Å². The summed E-state index contributed by atoms with van der Waals surface area (Å²) in [5, 5.41) is 13.2. The van der Waals surface area contributed by atoms with Gasteiger partial charge in [0, 0.05) is 17.3 Å². The van der Waals surface area contributed by atoms with Crippen LogP contribution in [0.3, 0.4) is 0 Å². The topological polar surface area (TPSA) is 121 Å². The minimum atomic E-state index is -1.21. The standard InChI is InChI=1S/C12H14N4O4/c1-7(8(2)11(18)19)10(17)16-12(20)14-5-9-3-4-13-6-15-9/h3-4,6H,5H2,1-2H3,(H,18,19)(H2,14,16,17,20)/b8-7+. The minimum Gasteiger partial charge on any atom is -0.478 e. The molecule has 8 heteroatoms. The van der Waals surface area contributed by atoms with Crippen LogP contribution in [-0.4, -0.2) is 33.0 Å². The van der Waals surface area contributed by atoms with E-state index in [2.05, 4.69) is 15.3 Å². The van der Waals surface area contributed by atoms with Crippen molar-refractivity contribution in [1.82, 2.24) is 20.6 Å². The average Bonchev–Trinajstić information content (AvgIpc) is 2.44. The van der Waals surface area contributed by atoms with E-state index in [9.17, 15) is 14.4 Å². The van der Waals surface area contributed by atoms with Crippen molar-refractivity contribution in [3.05, 3.63) is 35.4 Å². The quantitative estimate of drug-likeness (QED) is 0.677. The van der Waals surface area contributed by atoms with Crippen LogP contribution in [0.5, 0.6) is 0 Å². The molecular weight excluding hydrogens is 264 g/mol. The van der Waals surface area contributed by atoms with E-state index in [0.717, 1.165) is 0 Å². The van der Waals surface area contributed by atoms with Crippen LogP contribution in [0.25, 0.3) is 0 Å². The van der Waals surface area contributed by atoms with Gasteiger partial charge in [0.15, 0.2) is 0 Å². The molecule has 0 saturated heterocycles. The van der Waals surface area contributed by atoms with Crippen LogP contribution < -0.4 is 10.6 Å². The molecule has 0 fully saturated rings. The molecular formula is C12H14N4O4. The predicted molar refractivity (Wildman–Crippen MR) is 68.4 cm³/mol. The third kappa shape index (κ3) is 4.48. The SMILES string of the molecule is C/C(C(=O)O)=C(/C)C(=O)NC(=O)NCc1ccncn1. The highest BCUT2D eigenvalue weighted by Gasteiger charge is 2.14. The predicted octanol–water partition coefficient (Wildman–Crippen LogP) is 0.223.